The highest BCUT2D eigenvalue weighted by molar-refractivity contribution is 6.30. The molecule has 1 aliphatic rings. The number of ether oxygens (including phenoxy) is 1. The molecule has 0 spiro atoms. The van der Waals surface area contributed by atoms with Gasteiger partial charge >= 0.3 is 0 Å². The van der Waals surface area contributed by atoms with E-state index in [4.69, 9.17) is 16.3 Å². The maximum atomic E-state index is 12.4. The number of rotatable bonds is 3. The molecule has 1 unspecified atom stereocenters. The van der Waals surface area contributed by atoms with E-state index in [-0.39, 0.29) is 17.6 Å². The minimum absolute atomic E-state index is 0.0685. The standard InChI is InChI=1S/C21H22ClNO2/c1-14-4-10-19-17(12-14)18(13-21(2,3)25-19)23-20(24)11-7-15-5-8-16(22)9-6-15/h4-12,18H,13H2,1-3H3,(H,23,24)/b11-7+. The fraction of sp³-hybridized carbons (Fsp3) is 0.286. The number of carbonyl (C=O) groups excluding carboxylic acids is 1. The molecule has 0 fully saturated rings. The van der Waals surface area contributed by atoms with Crippen molar-refractivity contribution in [2.75, 3.05) is 0 Å². The van der Waals surface area contributed by atoms with Gasteiger partial charge in [0.15, 0.2) is 0 Å². The monoisotopic (exact) mass is 355 g/mol. The van der Waals surface area contributed by atoms with Crippen LogP contribution in [0.1, 0.15) is 43.0 Å². The second kappa shape index (κ2) is 6.93. The van der Waals surface area contributed by atoms with Crippen molar-refractivity contribution in [1.82, 2.24) is 5.32 Å². The third kappa shape index (κ3) is 4.43. The summed E-state index contributed by atoms with van der Waals surface area (Å²) >= 11 is 5.88. The molecular formula is C21H22ClNO2. The van der Waals surface area contributed by atoms with Gasteiger partial charge in [0.05, 0.1) is 6.04 Å². The van der Waals surface area contributed by atoms with Crippen molar-refractivity contribution in [3.63, 3.8) is 0 Å². The van der Waals surface area contributed by atoms with Gasteiger partial charge in [0.2, 0.25) is 5.91 Å². The average Bonchev–Trinajstić information content (AvgIpc) is 2.54. The lowest BCUT2D eigenvalue weighted by atomic mass is 9.89. The SMILES string of the molecule is Cc1ccc2c(c1)C(NC(=O)/C=C/c1ccc(Cl)cc1)CC(C)(C)O2. The lowest BCUT2D eigenvalue weighted by molar-refractivity contribution is -0.117. The van der Waals surface area contributed by atoms with Gasteiger partial charge in [-0.3, -0.25) is 4.79 Å². The number of amides is 1. The first-order chi connectivity index (χ1) is 11.8. The molecule has 3 nitrogen and oxygen atoms in total. The summed E-state index contributed by atoms with van der Waals surface area (Å²) in [7, 11) is 0. The molecule has 130 valence electrons. The molecule has 0 bridgehead atoms. The first kappa shape index (κ1) is 17.6. The van der Waals surface area contributed by atoms with Crippen LogP contribution < -0.4 is 10.1 Å². The van der Waals surface area contributed by atoms with Gasteiger partial charge in [0, 0.05) is 23.1 Å². The zero-order valence-electron chi connectivity index (χ0n) is 14.7. The van der Waals surface area contributed by atoms with Gasteiger partial charge < -0.3 is 10.1 Å². The quantitative estimate of drug-likeness (QED) is 0.779. The van der Waals surface area contributed by atoms with Crippen LogP contribution in [0.5, 0.6) is 5.75 Å². The number of hydrogen-bond donors (Lipinski definition) is 1. The normalized spacial score (nSPS) is 18.5. The van der Waals surface area contributed by atoms with Gasteiger partial charge in [-0.1, -0.05) is 41.4 Å². The molecule has 1 atom stereocenters. The van der Waals surface area contributed by atoms with Crippen LogP contribution >= 0.6 is 11.6 Å². The summed E-state index contributed by atoms with van der Waals surface area (Å²) in [5.74, 6) is 0.721. The first-order valence-corrected chi connectivity index (χ1v) is 8.74. The molecule has 3 rings (SSSR count). The molecule has 2 aromatic rings. The number of halogens is 1. The van der Waals surface area contributed by atoms with Crippen LogP contribution in [0.25, 0.3) is 6.08 Å². The molecule has 0 aromatic heterocycles. The zero-order chi connectivity index (χ0) is 18.0. The predicted octanol–water partition coefficient (Wildman–Crippen LogP) is 5.08. The average molecular weight is 356 g/mol. The maximum absolute atomic E-state index is 12.4. The van der Waals surface area contributed by atoms with Crippen LogP contribution in [-0.2, 0) is 4.79 Å². The van der Waals surface area contributed by atoms with E-state index in [1.807, 2.05) is 45.0 Å². The topological polar surface area (TPSA) is 38.3 Å². The Labute approximate surface area is 153 Å². The van der Waals surface area contributed by atoms with Crippen molar-refractivity contribution < 1.29 is 9.53 Å². The third-order valence-corrected chi connectivity index (χ3v) is 4.49. The molecule has 0 saturated heterocycles. The summed E-state index contributed by atoms with van der Waals surface area (Å²) in [5, 5.41) is 3.79. The highest BCUT2D eigenvalue weighted by Crippen LogP contribution is 2.39. The van der Waals surface area contributed by atoms with Crippen LogP contribution in [0.15, 0.2) is 48.5 Å². The summed E-state index contributed by atoms with van der Waals surface area (Å²) in [6, 6.07) is 13.4. The number of aryl methyl sites for hydroxylation is 1. The van der Waals surface area contributed by atoms with E-state index in [1.165, 1.54) is 0 Å². The number of nitrogens with one attached hydrogen (secondary N) is 1. The Balaban J connectivity index is 1.76. The van der Waals surface area contributed by atoms with Crippen LogP contribution in [0, 0.1) is 6.92 Å². The second-order valence-corrected chi connectivity index (χ2v) is 7.49. The Hall–Kier alpha value is -2.26. The molecular weight excluding hydrogens is 334 g/mol. The Kier molecular flexibility index (Phi) is 4.87. The first-order valence-electron chi connectivity index (χ1n) is 8.36. The summed E-state index contributed by atoms with van der Waals surface area (Å²) < 4.78 is 6.04. The number of carbonyl (C=O) groups is 1. The summed E-state index contributed by atoms with van der Waals surface area (Å²) in [6.07, 6.45) is 4.07. The van der Waals surface area contributed by atoms with Gasteiger partial charge in [-0.05, 0) is 50.6 Å². The van der Waals surface area contributed by atoms with Crippen LogP contribution in [0.2, 0.25) is 5.02 Å². The highest BCUT2D eigenvalue weighted by Gasteiger charge is 2.34. The highest BCUT2D eigenvalue weighted by atomic mass is 35.5. The van der Waals surface area contributed by atoms with E-state index in [9.17, 15) is 4.79 Å². The van der Waals surface area contributed by atoms with E-state index < -0.39 is 0 Å². The third-order valence-electron chi connectivity index (χ3n) is 4.24. The van der Waals surface area contributed by atoms with Gasteiger partial charge in [-0.15, -0.1) is 0 Å². The molecule has 1 amide bonds. The molecule has 1 N–H and O–H groups in total. The molecule has 1 aliphatic heterocycles. The van der Waals surface area contributed by atoms with Crippen molar-refractivity contribution in [2.45, 2.75) is 38.8 Å². The molecule has 2 aromatic carbocycles. The largest absolute Gasteiger partial charge is 0.487 e. The molecule has 25 heavy (non-hydrogen) atoms. The second-order valence-electron chi connectivity index (χ2n) is 7.05. The van der Waals surface area contributed by atoms with Crippen LogP contribution in [-0.4, -0.2) is 11.5 Å². The van der Waals surface area contributed by atoms with E-state index >= 15 is 0 Å². The van der Waals surface area contributed by atoms with Crippen molar-refractivity contribution in [3.8, 4) is 5.75 Å². The van der Waals surface area contributed by atoms with Crippen molar-refractivity contribution in [2.24, 2.45) is 0 Å². The predicted molar refractivity (Wildman–Crippen MR) is 102 cm³/mol. The summed E-state index contributed by atoms with van der Waals surface area (Å²) in [5.41, 5.74) is 2.80. The van der Waals surface area contributed by atoms with E-state index in [0.717, 1.165) is 28.9 Å². The fourth-order valence-corrected chi connectivity index (χ4v) is 3.19. The zero-order valence-corrected chi connectivity index (χ0v) is 15.4. The fourth-order valence-electron chi connectivity index (χ4n) is 3.07. The minimum Gasteiger partial charge on any atom is -0.487 e. The summed E-state index contributed by atoms with van der Waals surface area (Å²) in [6.45, 7) is 6.12. The molecule has 0 radical (unpaired) electrons. The Morgan fingerprint density at radius 2 is 1.96 bits per heavy atom. The van der Waals surface area contributed by atoms with Gasteiger partial charge in [-0.2, -0.15) is 0 Å². The van der Waals surface area contributed by atoms with Crippen LogP contribution in [0.3, 0.4) is 0 Å². The number of fused-ring (bicyclic) bond motifs is 1. The Morgan fingerprint density at radius 3 is 2.68 bits per heavy atom. The molecule has 1 heterocycles. The van der Waals surface area contributed by atoms with Crippen molar-refractivity contribution in [3.05, 3.63) is 70.3 Å². The number of hydrogen-bond acceptors (Lipinski definition) is 2. The van der Waals surface area contributed by atoms with Crippen molar-refractivity contribution in [1.29, 1.82) is 0 Å². The van der Waals surface area contributed by atoms with E-state index in [2.05, 4.69) is 11.4 Å². The van der Waals surface area contributed by atoms with E-state index in [1.54, 1.807) is 24.3 Å². The lowest BCUT2D eigenvalue weighted by Crippen LogP contribution is -2.41. The van der Waals surface area contributed by atoms with Gasteiger partial charge in [0.25, 0.3) is 0 Å². The Morgan fingerprint density at radius 1 is 1.24 bits per heavy atom. The maximum Gasteiger partial charge on any atom is 0.244 e. The molecule has 0 saturated carbocycles. The van der Waals surface area contributed by atoms with Crippen molar-refractivity contribution >= 4 is 23.6 Å². The lowest BCUT2D eigenvalue weighted by Gasteiger charge is -2.38. The molecule has 0 aliphatic carbocycles. The van der Waals surface area contributed by atoms with Crippen LogP contribution in [0.4, 0.5) is 0 Å². The van der Waals surface area contributed by atoms with E-state index in [0.29, 0.717) is 5.02 Å². The smallest absolute Gasteiger partial charge is 0.244 e. The summed E-state index contributed by atoms with van der Waals surface area (Å²) in [4.78, 5) is 12.4. The minimum atomic E-state index is -0.319. The van der Waals surface area contributed by atoms with Gasteiger partial charge in [0.1, 0.15) is 11.4 Å². The Bertz CT molecular complexity index is 809. The van der Waals surface area contributed by atoms with Gasteiger partial charge in [-0.25, -0.2) is 0 Å². The number of benzene rings is 2. The molecule has 4 heteroatoms.